The second kappa shape index (κ2) is 8.15. The Kier molecular flexibility index (Phi) is 5.65. The van der Waals surface area contributed by atoms with Crippen LogP contribution in [-0.2, 0) is 0 Å². The second-order valence-electron chi connectivity index (χ2n) is 6.50. The number of halogens is 1. The van der Waals surface area contributed by atoms with E-state index >= 15 is 0 Å². The number of nitro groups is 2. The Morgan fingerprint density at radius 3 is 1.97 bits per heavy atom. The third-order valence-electron chi connectivity index (χ3n) is 4.23. The van der Waals surface area contributed by atoms with E-state index in [4.69, 9.17) is 11.6 Å². The molecular formula is C20H17ClN4O4. The first-order valence-corrected chi connectivity index (χ1v) is 8.96. The lowest BCUT2D eigenvalue weighted by atomic mass is 10.1. The van der Waals surface area contributed by atoms with Gasteiger partial charge in [0.15, 0.2) is 0 Å². The number of hydrogen-bond acceptors (Lipinski definition) is 6. The standard InChI is InChI=1S/C20H17ClN4O4/c1-12-3-6-14(7-4-12)22-16-8-5-13(2)9-17(16)23-18-10-15(21)19(24(26)27)11-20(18)25(28)29/h3-11,22-23H,1-2H3. The van der Waals surface area contributed by atoms with Crippen LogP contribution in [-0.4, -0.2) is 9.85 Å². The molecule has 0 saturated heterocycles. The summed E-state index contributed by atoms with van der Waals surface area (Å²) in [5.74, 6) is 0. The average Bonchev–Trinajstić information content (AvgIpc) is 2.65. The predicted octanol–water partition coefficient (Wildman–Crippen LogP) is 6.26. The van der Waals surface area contributed by atoms with Crippen molar-refractivity contribution >= 4 is 45.7 Å². The SMILES string of the molecule is Cc1ccc(Nc2ccc(C)cc2Nc2cc(Cl)c([N+](=O)[O-])cc2[N+](=O)[O-])cc1. The van der Waals surface area contributed by atoms with Gasteiger partial charge in [0.25, 0.3) is 11.4 Å². The van der Waals surface area contributed by atoms with Gasteiger partial charge in [-0.25, -0.2) is 0 Å². The third-order valence-corrected chi connectivity index (χ3v) is 4.54. The minimum atomic E-state index is -0.754. The summed E-state index contributed by atoms with van der Waals surface area (Å²) in [5, 5.41) is 28.6. The van der Waals surface area contributed by atoms with Gasteiger partial charge in [-0.1, -0.05) is 35.4 Å². The van der Waals surface area contributed by atoms with E-state index in [9.17, 15) is 20.2 Å². The molecule has 3 aromatic rings. The molecule has 0 aliphatic rings. The molecule has 0 amide bonds. The minimum Gasteiger partial charge on any atom is -0.354 e. The van der Waals surface area contributed by atoms with E-state index in [-0.39, 0.29) is 10.7 Å². The highest BCUT2D eigenvalue weighted by Gasteiger charge is 2.24. The molecule has 0 aromatic heterocycles. The summed E-state index contributed by atoms with van der Waals surface area (Å²) >= 11 is 5.96. The van der Waals surface area contributed by atoms with E-state index in [1.807, 2.05) is 56.3 Å². The van der Waals surface area contributed by atoms with Crippen molar-refractivity contribution in [2.45, 2.75) is 13.8 Å². The molecule has 3 aromatic carbocycles. The van der Waals surface area contributed by atoms with Gasteiger partial charge in [0.1, 0.15) is 10.7 Å². The van der Waals surface area contributed by atoms with E-state index in [1.54, 1.807) is 0 Å². The molecule has 0 radical (unpaired) electrons. The topological polar surface area (TPSA) is 110 Å². The fraction of sp³-hybridized carbons (Fsp3) is 0.100. The van der Waals surface area contributed by atoms with Gasteiger partial charge in [0.05, 0.1) is 27.3 Å². The van der Waals surface area contributed by atoms with Gasteiger partial charge in [0, 0.05) is 5.69 Å². The van der Waals surface area contributed by atoms with E-state index < -0.39 is 21.2 Å². The Bertz CT molecular complexity index is 1100. The minimum absolute atomic E-state index is 0.0585. The summed E-state index contributed by atoms with van der Waals surface area (Å²) in [6.45, 7) is 3.87. The quantitative estimate of drug-likeness (QED) is 0.365. The number of anilines is 4. The lowest BCUT2D eigenvalue weighted by Crippen LogP contribution is -2.02. The van der Waals surface area contributed by atoms with Crippen molar-refractivity contribution in [3.05, 3.63) is 91.0 Å². The zero-order chi connectivity index (χ0) is 21.1. The molecule has 0 fully saturated rings. The average molecular weight is 413 g/mol. The Morgan fingerprint density at radius 1 is 0.724 bits per heavy atom. The molecule has 3 rings (SSSR count). The van der Waals surface area contributed by atoms with Crippen LogP contribution in [0.25, 0.3) is 0 Å². The molecule has 0 heterocycles. The molecule has 0 bridgehead atoms. The van der Waals surface area contributed by atoms with Crippen LogP contribution in [0.1, 0.15) is 11.1 Å². The van der Waals surface area contributed by atoms with E-state index in [0.29, 0.717) is 11.4 Å². The van der Waals surface area contributed by atoms with Crippen molar-refractivity contribution in [1.29, 1.82) is 0 Å². The van der Waals surface area contributed by atoms with Crippen LogP contribution in [0.2, 0.25) is 5.02 Å². The molecule has 29 heavy (non-hydrogen) atoms. The molecule has 2 N–H and O–H groups in total. The fourth-order valence-corrected chi connectivity index (χ4v) is 2.98. The molecule has 0 saturated carbocycles. The maximum atomic E-state index is 11.5. The Hall–Kier alpha value is -3.65. The summed E-state index contributed by atoms with van der Waals surface area (Å²) in [6.07, 6.45) is 0. The van der Waals surface area contributed by atoms with Gasteiger partial charge < -0.3 is 10.6 Å². The smallest absolute Gasteiger partial charge is 0.299 e. The van der Waals surface area contributed by atoms with Crippen LogP contribution in [0.4, 0.5) is 34.1 Å². The van der Waals surface area contributed by atoms with Crippen molar-refractivity contribution in [2.75, 3.05) is 10.6 Å². The lowest BCUT2D eigenvalue weighted by molar-refractivity contribution is -0.393. The van der Waals surface area contributed by atoms with E-state index in [1.165, 1.54) is 6.07 Å². The van der Waals surface area contributed by atoms with Crippen LogP contribution in [0.5, 0.6) is 0 Å². The van der Waals surface area contributed by atoms with Crippen molar-refractivity contribution in [3.8, 4) is 0 Å². The third kappa shape index (κ3) is 4.61. The van der Waals surface area contributed by atoms with Gasteiger partial charge in [-0.2, -0.15) is 0 Å². The van der Waals surface area contributed by atoms with Gasteiger partial charge in [-0.3, -0.25) is 20.2 Å². The van der Waals surface area contributed by atoms with Gasteiger partial charge in [-0.15, -0.1) is 0 Å². The predicted molar refractivity (Wildman–Crippen MR) is 114 cm³/mol. The largest absolute Gasteiger partial charge is 0.354 e. The molecular weight excluding hydrogens is 396 g/mol. The normalized spacial score (nSPS) is 10.4. The van der Waals surface area contributed by atoms with Gasteiger partial charge in [-0.05, 0) is 49.7 Å². The Morgan fingerprint density at radius 2 is 1.34 bits per heavy atom. The van der Waals surface area contributed by atoms with Crippen molar-refractivity contribution in [2.24, 2.45) is 0 Å². The molecule has 0 atom stereocenters. The summed E-state index contributed by atoms with van der Waals surface area (Å²) in [7, 11) is 0. The van der Waals surface area contributed by atoms with Crippen molar-refractivity contribution in [3.63, 3.8) is 0 Å². The number of nitro benzene ring substituents is 2. The molecule has 0 aliphatic carbocycles. The number of hydrogen-bond donors (Lipinski definition) is 2. The van der Waals surface area contributed by atoms with Gasteiger partial charge >= 0.3 is 0 Å². The van der Waals surface area contributed by atoms with Crippen LogP contribution in [0.15, 0.2) is 54.6 Å². The Labute approximate surface area is 171 Å². The van der Waals surface area contributed by atoms with E-state index in [0.717, 1.165) is 22.9 Å². The maximum Gasteiger partial charge on any atom is 0.299 e. The van der Waals surface area contributed by atoms with E-state index in [2.05, 4.69) is 10.6 Å². The molecule has 0 unspecified atom stereocenters. The number of rotatable bonds is 6. The molecule has 9 heteroatoms. The monoisotopic (exact) mass is 412 g/mol. The van der Waals surface area contributed by atoms with Crippen LogP contribution in [0, 0.1) is 34.1 Å². The summed E-state index contributed by atoms with van der Waals surface area (Å²) in [5.41, 5.74) is 3.24. The number of benzene rings is 3. The van der Waals surface area contributed by atoms with Crippen LogP contribution >= 0.6 is 11.6 Å². The first kappa shape index (κ1) is 20.1. The fourth-order valence-electron chi connectivity index (χ4n) is 2.75. The second-order valence-corrected chi connectivity index (χ2v) is 6.91. The van der Waals surface area contributed by atoms with Crippen molar-refractivity contribution < 1.29 is 9.85 Å². The first-order chi connectivity index (χ1) is 13.7. The Balaban J connectivity index is 2.02. The molecule has 0 spiro atoms. The molecule has 148 valence electrons. The number of nitrogens with zero attached hydrogens (tertiary/aromatic N) is 2. The maximum absolute atomic E-state index is 11.5. The first-order valence-electron chi connectivity index (χ1n) is 8.58. The highest BCUT2D eigenvalue weighted by Crippen LogP contribution is 2.39. The molecule has 0 aliphatic heterocycles. The zero-order valence-electron chi connectivity index (χ0n) is 15.6. The zero-order valence-corrected chi connectivity index (χ0v) is 16.4. The number of nitrogens with one attached hydrogen (secondary N) is 2. The van der Waals surface area contributed by atoms with Crippen LogP contribution < -0.4 is 10.6 Å². The summed E-state index contributed by atoms with van der Waals surface area (Å²) < 4.78 is 0. The highest BCUT2D eigenvalue weighted by atomic mass is 35.5. The van der Waals surface area contributed by atoms with Gasteiger partial charge in [0.2, 0.25) is 0 Å². The lowest BCUT2D eigenvalue weighted by Gasteiger charge is -2.15. The van der Waals surface area contributed by atoms with Crippen molar-refractivity contribution in [1.82, 2.24) is 0 Å². The van der Waals surface area contributed by atoms with Crippen LogP contribution in [0.3, 0.4) is 0 Å². The molecule has 8 nitrogen and oxygen atoms in total. The summed E-state index contributed by atoms with van der Waals surface area (Å²) in [6, 6.07) is 15.4. The summed E-state index contributed by atoms with van der Waals surface area (Å²) in [4.78, 5) is 21.1. The highest BCUT2D eigenvalue weighted by molar-refractivity contribution is 6.33. The number of aryl methyl sites for hydroxylation is 2.